The standard InChI is InChI=1S/C23H33NO9P2.2Na/c1-3-18(15-8-11-17(25)12-9-15)19(4-2)16-10-13-21(26)20(14-16)24-22(27)6-5-7-23(34(28,29)30)35(31,32)33;;/h8-14,18-19,23,25-26H,3-7H2,1-2H3,(H,24,27)(H2,28,29,30)(H2,31,32,33);;. The fraction of sp³-hybridized carbons (Fsp3) is 0.435. The van der Waals surface area contributed by atoms with Crippen LogP contribution in [-0.4, -0.2) is 100 Å². The molecule has 2 radical (unpaired) electrons. The first-order valence-electron chi connectivity index (χ1n) is 11.3. The van der Waals surface area contributed by atoms with E-state index in [-0.39, 0.29) is 101 Å². The van der Waals surface area contributed by atoms with E-state index in [0.717, 1.165) is 24.0 Å². The molecule has 0 aliphatic carbocycles. The summed E-state index contributed by atoms with van der Waals surface area (Å²) in [6.07, 6.45) is 0.665. The largest absolute Gasteiger partial charge is 0.508 e. The molecule has 7 N–H and O–H groups in total. The molecule has 37 heavy (non-hydrogen) atoms. The third-order valence-corrected chi connectivity index (χ3v) is 9.93. The monoisotopic (exact) mass is 575 g/mol. The van der Waals surface area contributed by atoms with E-state index in [1.54, 1.807) is 24.3 Å². The van der Waals surface area contributed by atoms with Crippen LogP contribution in [0.4, 0.5) is 5.69 Å². The maximum Gasteiger partial charge on any atom is 0.340 e. The fourth-order valence-electron chi connectivity index (χ4n) is 4.30. The first-order valence-corrected chi connectivity index (χ1v) is 14.7. The quantitative estimate of drug-likeness (QED) is 0.112. The summed E-state index contributed by atoms with van der Waals surface area (Å²) in [5.74, 6) is -0.345. The number of carbonyl (C=O) groups is 1. The molecule has 2 atom stereocenters. The molecule has 0 heterocycles. The predicted molar refractivity (Wildman–Crippen MR) is 144 cm³/mol. The van der Waals surface area contributed by atoms with E-state index in [9.17, 15) is 43.7 Å². The number of phenols is 2. The topological polar surface area (TPSA) is 185 Å². The van der Waals surface area contributed by atoms with E-state index in [1.165, 1.54) is 6.07 Å². The molecule has 0 bridgehead atoms. The summed E-state index contributed by atoms with van der Waals surface area (Å²) in [4.78, 5) is 49.2. The van der Waals surface area contributed by atoms with Crippen LogP contribution in [0.1, 0.15) is 68.9 Å². The van der Waals surface area contributed by atoms with Crippen molar-refractivity contribution in [2.45, 2.75) is 63.2 Å². The van der Waals surface area contributed by atoms with Gasteiger partial charge < -0.3 is 35.1 Å². The van der Waals surface area contributed by atoms with Gasteiger partial charge >= 0.3 is 15.2 Å². The van der Waals surface area contributed by atoms with Gasteiger partial charge in [0.05, 0.1) is 5.69 Å². The number of benzene rings is 2. The van der Waals surface area contributed by atoms with Gasteiger partial charge in [0.15, 0.2) is 5.40 Å². The van der Waals surface area contributed by atoms with Gasteiger partial charge in [-0.25, -0.2) is 0 Å². The average molecular weight is 575 g/mol. The second-order valence-corrected chi connectivity index (χ2v) is 12.5. The molecule has 14 heteroatoms. The smallest absolute Gasteiger partial charge is 0.340 e. The predicted octanol–water partition coefficient (Wildman–Crippen LogP) is 3.81. The molecule has 0 aliphatic heterocycles. The molecule has 1 amide bonds. The molecule has 0 fully saturated rings. The molecule has 0 saturated heterocycles. The molecule has 0 saturated carbocycles. The Labute approximate surface area is 261 Å². The Kier molecular flexibility index (Phi) is 16.1. The number of amides is 1. The molecule has 196 valence electrons. The van der Waals surface area contributed by atoms with Crippen LogP contribution in [0.25, 0.3) is 0 Å². The minimum atomic E-state index is -5.04. The van der Waals surface area contributed by atoms with Gasteiger partial charge in [-0.2, -0.15) is 0 Å². The molecule has 0 spiro atoms. The number of nitrogens with one attached hydrogen (secondary N) is 1. The SMILES string of the molecule is CCC(c1ccc(O)cc1)C(CC)c1ccc(O)c(NC(=O)CCCC(P(=O)(O)O)P(=O)(O)O)c1.[Na].[Na]. The Morgan fingerprint density at radius 1 is 0.838 bits per heavy atom. The van der Waals surface area contributed by atoms with Gasteiger partial charge in [-0.05, 0) is 72.9 Å². The number of phenolic OH excluding ortho intramolecular Hbond substituents is 2. The van der Waals surface area contributed by atoms with Gasteiger partial charge in [0.1, 0.15) is 11.5 Å². The molecule has 2 aromatic carbocycles. The summed E-state index contributed by atoms with van der Waals surface area (Å²) >= 11 is 0. The van der Waals surface area contributed by atoms with Crippen molar-refractivity contribution in [3.8, 4) is 11.5 Å². The van der Waals surface area contributed by atoms with Gasteiger partial charge in [-0.3, -0.25) is 13.9 Å². The van der Waals surface area contributed by atoms with Crippen molar-refractivity contribution in [1.29, 1.82) is 0 Å². The number of anilines is 1. The molecular weight excluding hydrogens is 542 g/mol. The van der Waals surface area contributed by atoms with Crippen LogP contribution in [0.5, 0.6) is 11.5 Å². The van der Waals surface area contributed by atoms with Gasteiger partial charge in [0.2, 0.25) is 5.91 Å². The Hall–Kier alpha value is -0.190. The number of hydrogen-bond donors (Lipinski definition) is 7. The van der Waals surface area contributed by atoms with Crippen molar-refractivity contribution >= 4 is 85.9 Å². The summed E-state index contributed by atoms with van der Waals surface area (Å²) in [6, 6.07) is 12.0. The van der Waals surface area contributed by atoms with Crippen molar-refractivity contribution in [2.24, 2.45) is 0 Å². The second-order valence-electron chi connectivity index (χ2n) is 8.50. The summed E-state index contributed by atoms with van der Waals surface area (Å²) in [5.41, 5.74) is 2.12. The summed E-state index contributed by atoms with van der Waals surface area (Å²) in [6.45, 7) is 4.10. The molecule has 10 nitrogen and oxygen atoms in total. The molecule has 2 rings (SSSR count). The Bertz CT molecular complexity index is 1080. The zero-order valence-corrected chi connectivity index (χ0v) is 27.4. The van der Waals surface area contributed by atoms with E-state index in [0.29, 0.717) is 0 Å². The van der Waals surface area contributed by atoms with Gasteiger partial charge in [0.25, 0.3) is 0 Å². The Morgan fingerprint density at radius 2 is 1.32 bits per heavy atom. The van der Waals surface area contributed by atoms with E-state index < -0.39 is 32.9 Å². The van der Waals surface area contributed by atoms with Crippen molar-refractivity contribution in [2.75, 3.05) is 5.32 Å². The summed E-state index contributed by atoms with van der Waals surface area (Å²) < 4.78 is 22.7. The molecule has 0 aromatic heterocycles. The maximum absolute atomic E-state index is 12.4. The first kappa shape index (κ1) is 36.8. The minimum absolute atomic E-state index is 0. The number of carbonyl (C=O) groups excluding carboxylic acids is 1. The van der Waals surface area contributed by atoms with E-state index >= 15 is 0 Å². The number of rotatable bonds is 12. The summed E-state index contributed by atoms with van der Waals surface area (Å²) in [7, 11) is -10.1. The Balaban J connectivity index is 0.00000648. The van der Waals surface area contributed by atoms with Crippen LogP contribution in [-0.2, 0) is 13.9 Å². The molecule has 0 aliphatic rings. The third-order valence-electron chi connectivity index (χ3n) is 6.05. The molecule has 2 unspecified atom stereocenters. The van der Waals surface area contributed by atoms with Crippen LogP contribution >= 0.6 is 15.2 Å². The zero-order chi connectivity index (χ0) is 26.4. The average Bonchev–Trinajstić information content (AvgIpc) is 2.75. The van der Waals surface area contributed by atoms with Crippen LogP contribution < -0.4 is 5.32 Å². The fourth-order valence-corrected chi connectivity index (χ4v) is 6.91. The van der Waals surface area contributed by atoms with Crippen LogP contribution in [0.2, 0.25) is 0 Å². The number of hydrogen-bond acceptors (Lipinski definition) is 5. The summed E-state index contributed by atoms with van der Waals surface area (Å²) in [5, 5.41) is 20.3. The van der Waals surface area contributed by atoms with Gasteiger partial charge in [-0.15, -0.1) is 0 Å². The molecular formula is C23H33NNa2O9P2. The normalized spacial score (nSPS) is 13.3. The maximum atomic E-state index is 12.4. The van der Waals surface area contributed by atoms with Crippen molar-refractivity contribution < 1.29 is 43.7 Å². The van der Waals surface area contributed by atoms with Gasteiger partial charge in [-0.1, -0.05) is 32.0 Å². The van der Waals surface area contributed by atoms with Crippen LogP contribution in [0.15, 0.2) is 42.5 Å². The van der Waals surface area contributed by atoms with E-state index in [4.69, 9.17) is 0 Å². The first-order chi connectivity index (χ1) is 16.3. The molecule has 2 aromatic rings. The van der Waals surface area contributed by atoms with E-state index in [2.05, 4.69) is 12.2 Å². The minimum Gasteiger partial charge on any atom is -0.508 e. The van der Waals surface area contributed by atoms with Crippen molar-refractivity contribution in [1.82, 2.24) is 0 Å². The van der Waals surface area contributed by atoms with Crippen molar-refractivity contribution in [3.05, 3.63) is 53.6 Å². The van der Waals surface area contributed by atoms with Gasteiger partial charge in [0, 0.05) is 65.5 Å². The van der Waals surface area contributed by atoms with Crippen LogP contribution in [0.3, 0.4) is 0 Å². The van der Waals surface area contributed by atoms with Crippen LogP contribution in [0, 0.1) is 0 Å². The second kappa shape index (κ2) is 16.2. The zero-order valence-electron chi connectivity index (χ0n) is 21.6. The van der Waals surface area contributed by atoms with E-state index in [1.807, 2.05) is 19.1 Å². The van der Waals surface area contributed by atoms with Crippen molar-refractivity contribution in [3.63, 3.8) is 0 Å². The Morgan fingerprint density at radius 3 is 1.81 bits per heavy atom. The third kappa shape index (κ3) is 11.1. The number of aromatic hydroxyl groups is 2.